The van der Waals surface area contributed by atoms with E-state index < -0.39 is 5.54 Å². The fourth-order valence-corrected chi connectivity index (χ4v) is 4.21. The Kier molecular flexibility index (Phi) is 6.00. The summed E-state index contributed by atoms with van der Waals surface area (Å²) in [5.74, 6) is 0.113. The van der Waals surface area contributed by atoms with Crippen LogP contribution < -0.4 is 5.32 Å². The molecule has 3 rings (SSSR count). The third-order valence-electron chi connectivity index (χ3n) is 6.11. The number of carbonyl (C=O) groups excluding carboxylic acids is 2. The maximum absolute atomic E-state index is 13.1. The van der Waals surface area contributed by atoms with E-state index in [-0.39, 0.29) is 17.9 Å². The van der Waals surface area contributed by atoms with Gasteiger partial charge >= 0.3 is 0 Å². The fourth-order valence-electron chi connectivity index (χ4n) is 4.21. The van der Waals surface area contributed by atoms with Crippen LogP contribution in [-0.4, -0.2) is 28.3 Å². The Bertz CT molecular complexity index is 632. The molecule has 1 atom stereocenters. The molecule has 0 aromatic heterocycles. The highest BCUT2D eigenvalue weighted by Gasteiger charge is 2.47. The van der Waals surface area contributed by atoms with Gasteiger partial charge in [0.15, 0.2) is 0 Å². The lowest BCUT2D eigenvalue weighted by atomic mass is 9.93. The lowest BCUT2D eigenvalue weighted by Gasteiger charge is -2.35. The second kappa shape index (κ2) is 8.24. The molecule has 0 bridgehead atoms. The molecule has 0 spiro atoms. The molecule has 4 heteroatoms. The molecule has 1 aliphatic heterocycles. The summed E-state index contributed by atoms with van der Waals surface area (Å²) in [5.41, 5.74) is 1.55. The van der Waals surface area contributed by atoms with Crippen LogP contribution in [0.5, 0.6) is 0 Å². The molecule has 1 heterocycles. The molecule has 1 aromatic carbocycles. The number of nitrogens with zero attached hydrogens (tertiary/aromatic N) is 1. The van der Waals surface area contributed by atoms with E-state index in [2.05, 4.69) is 24.4 Å². The first kappa shape index (κ1) is 18.9. The second-order valence-corrected chi connectivity index (χ2v) is 8.25. The number of nitrogens with one attached hydrogen (secondary N) is 1. The Morgan fingerprint density at radius 1 is 1.12 bits per heavy atom. The monoisotopic (exact) mass is 356 g/mol. The van der Waals surface area contributed by atoms with Gasteiger partial charge in [0, 0.05) is 19.0 Å². The maximum Gasteiger partial charge on any atom is 0.245 e. The first-order valence-electron chi connectivity index (χ1n) is 10.2. The van der Waals surface area contributed by atoms with Gasteiger partial charge in [-0.1, -0.05) is 61.9 Å². The Hall–Kier alpha value is -1.84. The van der Waals surface area contributed by atoms with Gasteiger partial charge in [-0.15, -0.1) is 0 Å². The van der Waals surface area contributed by atoms with Crippen molar-refractivity contribution in [3.8, 4) is 0 Å². The highest BCUT2D eigenvalue weighted by atomic mass is 16.2. The summed E-state index contributed by atoms with van der Waals surface area (Å²) >= 11 is 0. The largest absolute Gasteiger partial charge is 0.351 e. The van der Waals surface area contributed by atoms with E-state index >= 15 is 0 Å². The average molecular weight is 357 g/mol. The third kappa shape index (κ3) is 4.28. The van der Waals surface area contributed by atoms with Crippen LogP contribution in [0.15, 0.2) is 24.3 Å². The summed E-state index contributed by atoms with van der Waals surface area (Å²) < 4.78 is 0. The van der Waals surface area contributed by atoms with Crippen molar-refractivity contribution in [2.45, 2.75) is 89.8 Å². The summed E-state index contributed by atoms with van der Waals surface area (Å²) in [6, 6.07) is 8.47. The minimum Gasteiger partial charge on any atom is -0.351 e. The zero-order valence-corrected chi connectivity index (χ0v) is 16.2. The topological polar surface area (TPSA) is 49.4 Å². The summed E-state index contributed by atoms with van der Waals surface area (Å²) in [6.07, 6.45) is 9.42. The zero-order valence-electron chi connectivity index (χ0n) is 16.2. The van der Waals surface area contributed by atoms with Crippen molar-refractivity contribution in [3.05, 3.63) is 35.4 Å². The van der Waals surface area contributed by atoms with Crippen LogP contribution in [-0.2, 0) is 16.1 Å². The van der Waals surface area contributed by atoms with Gasteiger partial charge in [0.1, 0.15) is 5.54 Å². The molecule has 1 saturated carbocycles. The van der Waals surface area contributed by atoms with E-state index in [1.54, 1.807) is 4.90 Å². The summed E-state index contributed by atoms with van der Waals surface area (Å²) in [4.78, 5) is 27.4. The van der Waals surface area contributed by atoms with Crippen LogP contribution in [0.1, 0.15) is 75.8 Å². The van der Waals surface area contributed by atoms with E-state index in [4.69, 9.17) is 0 Å². The Morgan fingerprint density at radius 2 is 1.73 bits per heavy atom. The van der Waals surface area contributed by atoms with Crippen molar-refractivity contribution in [2.24, 2.45) is 0 Å². The van der Waals surface area contributed by atoms with Crippen LogP contribution in [0.2, 0.25) is 0 Å². The first-order valence-corrected chi connectivity index (χ1v) is 10.2. The highest BCUT2D eigenvalue weighted by Crippen LogP contribution is 2.32. The molecule has 1 aromatic rings. The van der Waals surface area contributed by atoms with Gasteiger partial charge in [-0.2, -0.15) is 0 Å². The number of likely N-dealkylation sites (tertiary alicyclic amines) is 1. The van der Waals surface area contributed by atoms with E-state index in [0.29, 0.717) is 19.4 Å². The molecule has 4 nitrogen and oxygen atoms in total. The second-order valence-electron chi connectivity index (χ2n) is 8.25. The normalized spacial score (nSPS) is 25.0. The fraction of sp³-hybridized carbons (Fsp3) is 0.636. The van der Waals surface area contributed by atoms with E-state index in [9.17, 15) is 9.59 Å². The predicted molar refractivity (Wildman–Crippen MR) is 104 cm³/mol. The molecular weight excluding hydrogens is 324 g/mol. The quantitative estimate of drug-likeness (QED) is 0.883. The van der Waals surface area contributed by atoms with Gasteiger partial charge in [-0.3, -0.25) is 9.59 Å². The Balaban J connectivity index is 1.69. The van der Waals surface area contributed by atoms with Crippen molar-refractivity contribution in [3.63, 3.8) is 0 Å². The van der Waals surface area contributed by atoms with Crippen molar-refractivity contribution >= 4 is 11.8 Å². The molecule has 26 heavy (non-hydrogen) atoms. The summed E-state index contributed by atoms with van der Waals surface area (Å²) in [5, 5.41) is 3.28. The van der Waals surface area contributed by atoms with Crippen LogP contribution in [0.4, 0.5) is 0 Å². The number of aryl methyl sites for hydroxylation is 1. The third-order valence-corrected chi connectivity index (χ3v) is 6.11. The van der Waals surface area contributed by atoms with E-state index in [1.165, 1.54) is 37.7 Å². The van der Waals surface area contributed by atoms with Crippen molar-refractivity contribution in [1.82, 2.24) is 10.2 Å². The minimum absolute atomic E-state index is 0.0287. The Labute approximate surface area is 157 Å². The molecule has 1 unspecified atom stereocenters. The number of rotatable bonds is 4. The highest BCUT2D eigenvalue weighted by molar-refractivity contribution is 5.94. The van der Waals surface area contributed by atoms with Gasteiger partial charge in [0.2, 0.25) is 11.8 Å². The maximum atomic E-state index is 13.1. The molecule has 1 saturated heterocycles. The number of carbonyl (C=O) groups is 2. The molecule has 2 amide bonds. The number of amides is 2. The van der Waals surface area contributed by atoms with Crippen LogP contribution >= 0.6 is 0 Å². The van der Waals surface area contributed by atoms with Crippen molar-refractivity contribution < 1.29 is 9.59 Å². The van der Waals surface area contributed by atoms with Crippen LogP contribution in [0.3, 0.4) is 0 Å². The summed E-state index contributed by atoms with van der Waals surface area (Å²) in [6.45, 7) is 4.50. The van der Waals surface area contributed by atoms with Gasteiger partial charge in [-0.05, 0) is 38.7 Å². The number of benzene rings is 1. The molecule has 2 fully saturated rings. The number of hydrogen-bond acceptors (Lipinski definition) is 2. The van der Waals surface area contributed by atoms with Crippen LogP contribution in [0, 0.1) is 6.92 Å². The van der Waals surface area contributed by atoms with E-state index in [0.717, 1.165) is 18.4 Å². The molecule has 1 N–H and O–H groups in total. The molecular formula is C22H32N2O2. The van der Waals surface area contributed by atoms with E-state index in [1.807, 2.05) is 19.1 Å². The van der Waals surface area contributed by atoms with Gasteiger partial charge in [-0.25, -0.2) is 0 Å². The van der Waals surface area contributed by atoms with Gasteiger partial charge in [0.05, 0.1) is 0 Å². The standard InChI is InChI=1S/C22H32N2O2/c1-17-10-12-18(13-11-17)16-24-20(25)14-15-22(24,2)21(26)23-19-8-6-4-3-5-7-9-19/h10-13,19H,3-9,14-16H2,1-2H3,(H,23,26). The lowest BCUT2D eigenvalue weighted by molar-refractivity contribution is -0.141. The zero-order chi connectivity index (χ0) is 18.6. The molecule has 2 aliphatic rings. The van der Waals surface area contributed by atoms with Crippen molar-refractivity contribution in [2.75, 3.05) is 0 Å². The van der Waals surface area contributed by atoms with Crippen LogP contribution in [0.25, 0.3) is 0 Å². The first-order chi connectivity index (χ1) is 12.5. The van der Waals surface area contributed by atoms with Gasteiger partial charge < -0.3 is 10.2 Å². The minimum atomic E-state index is -0.732. The smallest absolute Gasteiger partial charge is 0.245 e. The van der Waals surface area contributed by atoms with Gasteiger partial charge in [0.25, 0.3) is 0 Å². The molecule has 0 radical (unpaired) electrons. The number of hydrogen-bond donors (Lipinski definition) is 1. The predicted octanol–water partition coefficient (Wildman–Crippen LogP) is 4.11. The molecule has 142 valence electrons. The van der Waals surface area contributed by atoms with Crippen molar-refractivity contribution in [1.29, 1.82) is 0 Å². The average Bonchev–Trinajstić information content (AvgIpc) is 2.88. The lowest BCUT2D eigenvalue weighted by Crippen LogP contribution is -2.56. The summed E-state index contributed by atoms with van der Waals surface area (Å²) in [7, 11) is 0. The molecule has 1 aliphatic carbocycles. The Morgan fingerprint density at radius 3 is 2.38 bits per heavy atom. The SMILES string of the molecule is Cc1ccc(CN2C(=O)CCC2(C)C(=O)NC2CCCCCCC2)cc1.